The molecule has 1 aliphatic heterocycles. The van der Waals surface area contributed by atoms with Crippen molar-refractivity contribution < 1.29 is 4.74 Å². The highest BCUT2D eigenvalue weighted by molar-refractivity contribution is 5.84. The molecule has 0 spiro atoms. The van der Waals surface area contributed by atoms with Gasteiger partial charge < -0.3 is 20.4 Å². The van der Waals surface area contributed by atoms with Gasteiger partial charge in [0.05, 0.1) is 19.8 Å². The number of fused-ring (bicyclic) bond motifs is 1. The number of ether oxygens (including phenoxy) is 1. The van der Waals surface area contributed by atoms with E-state index in [4.69, 9.17) is 9.73 Å². The van der Waals surface area contributed by atoms with Crippen molar-refractivity contribution in [3.63, 3.8) is 0 Å². The van der Waals surface area contributed by atoms with Crippen LogP contribution in [0.3, 0.4) is 0 Å². The molecule has 1 saturated heterocycles. The Kier molecular flexibility index (Phi) is 7.34. The number of hydrogen-bond acceptors (Lipinski definition) is 3. The lowest BCUT2D eigenvalue weighted by Crippen LogP contribution is -2.49. The van der Waals surface area contributed by atoms with E-state index in [2.05, 4.69) is 72.6 Å². The third kappa shape index (κ3) is 5.26. The summed E-state index contributed by atoms with van der Waals surface area (Å²) in [6.45, 7) is 13.8. The number of guanidine groups is 1. The van der Waals surface area contributed by atoms with Crippen molar-refractivity contribution in [3.05, 3.63) is 35.5 Å². The predicted octanol–water partition coefficient (Wildman–Crippen LogP) is 2.68. The number of morpholine rings is 1. The Hall–Kier alpha value is -2.05. The molecule has 0 bridgehead atoms. The number of benzene rings is 1. The molecule has 2 aromatic rings. The average Bonchev–Trinajstić information content (AvgIpc) is 3.08. The maximum atomic E-state index is 5.55. The quantitative estimate of drug-likeness (QED) is 0.506. The molecule has 2 heterocycles. The highest BCUT2D eigenvalue weighted by Gasteiger charge is 2.23. The number of aliphatic imine (C=N–C) groups is 1. The van der Waals surface area contributed by atoms with Gasteiger partial charge in [-0.05, 0) is 51.3 Å². The van der Waals surface area contributed by atoms with Gasteiger partial charge in [-0.15, -0.1) is 0 Å². The van der Waals surface area contributed by atoms with E-state index in [-0.39, 0.29) is 0 Å². The van der Waals surface area contributed by atoms with E-state index in [9.17, 15) is 0 Å². The Morgan fingerprint density at radius 2 is 2.25 bits per heavy atom. The summed E-state index contributed by atoms with van der Waals surface area (Å²) in [6.07, 6.45) is 3.08. The molecular formula is C22H35N5O. The first-order valence-electron chi connectivity index (χ1n) is 10.5. The van der Waals surface area contributed by atoms with E-state index in [0.29, 0.717) is 12.1 Å². The van der Waals surface area contributed by atoms with Crippen LogP contribution in [-0.4, -0.2) is 67.3 Å². The third-order valence-corrected chi connectivity index (χ3v) is 5.45. The lowest BCUT2D eigenvalue weighted by atomic mass is 10.1. The highest BCUT2D eigenvalue weighted by atomic mass is 16.5. The Labute approximate surface area is 168 Å². The van der Waals surface area contributed by atoms with Crippen LogP contribution in [0.2, 0.25) is 0 Å². The van der Waals surface area contributed by atoms with Crippen LogP contribution in [-0.2, 0) is 11.2 Å². The van der Waals surface area contributed by atoms with E-state index in [1.807, 2.05) is 0 Å². The van der Waals surface area contributed by atoms with Crippen LogP contribution in [0.25, 0.3) is 10.9 Å². The first-order chi connectivity index (χ1) is 13.6. The van der Waals surface area contributed by atoms with E-state index in [0.717, 1.165) is 51.8 Å². The van der Waals surface area contributed by atoms with Crippen molar-refractivity contribution in [1.82, 2.24) is 20.5 Å². The van der Waals surface area contributed by atoms with Gasteiger partial charge in [0.1, 0.15) is 0 Å². The molecule has 0 radical (unpaired) electrons. The minimum absolute atomic E-state index is 0.409. The number of nitrogens with one attached hydrogen (secondary N) is 3. The summed E-state index contributed by atoms with van der Waals surface area (Å²) < 4.78 is 5.55. The zero-order valence-electron chi connectivity index (χ0n) is 17.7. The fraction of sp³-hybridized carbons (Fsp3) is 0.591. The lowest BCUT2D eigenvalue weighted by molar-refractivity contribution is -0.0165. The van der Waals surface area contributed by atoms with Crippen LogP contribution in [0.15, 0.2) is 29.4 Å². The topological polar surface area (TPSA) is 64.7 Å². The standard InChI is InChI=1S/C22H35N5O/c1-5-23-22(26-13-17(3)27-10-11-28-15-18(27)4)24-9-8-19-14-25-21-12-16(2)6-7-20(19)21/h6-7,12,14,17-18,25H,5,8-11,13,15H2,1-4H3,(H2,23,24,26). The molecule has 28 heavy (non-hydrogen) atoms. The number of H-pyrrole nitrogens is 1. The Bertz CT molecular complexity index is 784. The number of hydrogen-bond donors (Lipinski definition) is 3. The highest BCUT2D eigenvalue weighted by Crippen LogP contribution is 2.19. The summed E-state index contributed by atoms with van der Waals surface area (Å²) in [5, 5.41) is 8.16. The molecule has 0 amide bonds. The molecule has 6 nitrogen and oxygen atoms in total. The monoisotopic (exact) mass is 385 g/mol. The molecule has 1 aromatic heterocycles. The summed E-state index contributed by atoms with van der Waals surface area (Å²) in [7, 11) is 0. The number of rotatable bonds is 7. The summed E-state index contributed by atoms with van der Waals surface area (Å²) >= 11 is 0. The smallest absolute Gasteiger partial charge is 0.191 e. The summed E-state index contributed by atoms with van der Waals surface area (Å²) in [4.78, 5) is 10.7. The maximum Gasteiger partial charge on any atom is 0.191 e. The van der Waals surface area contributed by atoms with Gasteiger partial charge >= 0.3 is 0 Å². The zero-order chi connectivity index (χ0) is 19.9. The molecule has 3 N–H and O–H groups in total. The zero-order valence-corrected chi connectivity index (χ0v) is 17.7. The van der Waals surface area contributed by atoms with Crippen LogP contribution in [0.4, 0.5) is 0 Å². The normalized spacial score (nSPS) is 19.7. The first kappa shape index (κ1) is 20.7. The molecule has 1 aromatic carbocycles. The number of aromatic nitrogens is 1. The van der Waals surface area contributed by atoms with Crippen LogP contribution < -0.4 is 10.6 Å². The molecule has 0 aliphatic carbocycles. The van der Waals surface area contributed by atoms with E-state index in [1.54, 1.807) is 0 Å². The summed E-state index contributed by atoms with van der Waals surface area (Å²) in [5.74, 6) is 0.894. The molecular weight excluding hydrogens is 350 g/mol. The van der Waals surface area contributed by atoms with Crippen molar-refractivity contribution >= 4 is 16.9 Å². The van der Waals surface area contributed by atoms with Gasteiger partial charge in [0.15, 0.2) is 5.96 Å². The summed E-state index contributed by atoms with van der Waals surface area (Å²) in [5.41, 5.74) is 3.84. The maximum absolute atomic E-state index is 5.55. The fourth-order valence-corrected chi connectivity index (χ4v) is 3.89. The summed E-state index contributed by atoms with van der Waals surface area (Å²) in [6, 6.07) is 7.45. The second-order valence-electron chi connectivity index (χ2n) is 7.77. The van der Waals surface area contributed by atoms with Crippen LogP contribution in [0.1, 0.15) is 31.9 Å². The molecule has 0 saturated carbocycles. The first-order valence-corrected chi connectivity index (χ1v) is 10.5. The van der Waals surface area contributed by atoms with Gasteiger partial charge in [-0.3, -0.25) is 9.89 Å². The van der Waals surface area contributed by atoms with E-state index in [1.165, 1.54) is 22.0 Å². The third-order valence-electron chi connectivity index (χ3n) is 5.45. The van der Waals surface area contributed by atoms with Crippen LogP contribution in [0.5, 0.6) is 0 Å². The SMILES string of the molecule is CCNC(=NCC(C)N1CCOCC1C)NCCc1c[nH]c2cc(C)ccc12. The molecule has 6 heteroatoms. The van der Waals surface area contributed by atoms with E-state index < -0.39 is 0 Å². The van der Waals surface area contributed by atoms with Crippen LogP contribution >= 0.6 is 0 Å². The second kappa shape index (κ2) is 9.94. The molecule has 1 fully saturated rings. The van der Waals surface area contributed by atoms with Crippen LogP contribution in [0, 0.1) is 6.92 Å². The Balaban J connectivity index is 1.54. The second-order valence-corrected chi connectivity index (χ2v) is 7.77. The van der Waals surface area contributed by atoms with Gasteiger partial charge in [-0.25, -0.2) is 0 Å². The van der Waals surface area contributed by atoms with Gasteiger partial charge in [-0.2, -0.15) is 0 Å². The molecule has 2 unspecified atom stereocenters. The minimum Gasteiger partial charge on any atom is -0.379 e. The Morgan fingerprint density at radius 1 is 1.39 bits per heavy atom. The lowest BCUT2D eigenvalue weighted by Gasteiger charge is -2.37. The van der Waals surface area contributed by atoms with Crippen molar-refractivity contribution in [3.8, 4) is 0 Å². The van der Waals surface area contributed by atoms with Crippen molar-refractivity contribution in [2.45, 2.75) is 46.2 Å². The molecule has 2 atom stereocenters. The Morgan fingerprint density at radius 3 is 3.04 bits per heavy atom. The van der Waals surface area contributed by atoms with Gasteiger partial charge in [0.25, 0.3) is 0 Å². The van der Waals surface area contributed by atoms with Gasteiger partial charge in [0, 0.05) is 48.8 Å². The number of nitrogens with zero attached hydrogens (tertiary/aromatic N) is 2. The van der Waals surface area contributed by atoms with Crippen molar-refractivity contribution in [2.24, 2.45) is 4.99 Å². The van der Waals surface area contributed by atoms with Gasteiger partial charge in [-0.1, -0.05) is 12.1 Å². The minimum atomic E-state index is 0.409. The molecule has 1 aliphatic rings. The van der Waals surface area contributed by atoms with E-state index >= 15 is 0 Å². The van der Waals surface area contributed by atoms with Crippen molar-refractivity contribution in [1.29, 1.82) is 0 Å². The predicted molar refractivity (Wildman–Crippen MR) is 117 cm³/mol. The number of aryl methyl sites for hydroxylation is 1. The number of aromatic amines is 1. The molecule has 154 valence electrons. The van der Waals surface area contributed by atoms with Gasteiger partial charge in [0.2, 0.25) is 0 Å². The largest absolute Gasteiger partial charge is 0.379 e. The average molecular weight is 386 g/mol. The van der Waals surface area contributed by atoms with Crippen molar-refractivity contribution in [2.75, 3.05) is 39.4 Å². The fourth-order valence-electron chi connectivity index (χ4n) is 3.89. The molecule has 3 rings (SSSR count).